The summed E-state index contributed by atoms with van der Waals surface area (Å²) in [5.74, 6) is 0.437. The summed E-state index contributed by atoms with van der Waals surface area (Å²) in [5, 5.41) is 15.3. The fourth-order valence-corrected chi connectivity index (χ4v) is 8.19. The number of likely N-dealkylation sites (tertiary alicyclic amines) is 1. The fraction of sp³-hybridized carbons (Fsp3) is 0.633. The van der Waals surface area contributed by atoms with E-state index in [9.17, 15) is 19.5 Å². The van der Waals surface area contributed by atoms with Crippen LogP contribution in [0.5, 0.6) is 11.5 Å². The van der Waals surface area contributed by atoms with Crippen molar-refractivity contribution in [3.05, 3.63) is 35.4 Å². The van der Waals surface area contributed by atoms with E-state index in [1.807, 2.05) is 6.07 Å². The number of quaternary nitrogens is 1. The van der Waals surface area contributed by atoms with Crippen LogP contribution in [-0.4, -0.2) is 96.5 Å². The van der Waals surface area contributed by atoms with E-state index in [0.29, 0.717) is 24.3 Å². The highest BCUT2D eigenvalue weighted by atomic mass is 16.6. The largest absolute Gasteiger partial charge is 0.481 e. The second-order valence-electron chi connectivity index (χ2n) is 13.1. The molecule has 3 fully saturated rings. The number of benzene rings is 1. The van der Waals surface area contributed by atoms with Crippen molar-refractivity contribution in [3.63, 3.8) is 0 Å². The first-order chi connectivity index (χ1) is 19.4. The number of carbonyl (C=O) groups is 3. The van der Waals surface area contributed by atoms with Crippen molar-refractivity contribution in [3.8, 4) is 11.5 Å². The van der Waals surface area contributed by atoms with E-state index >= 15 is 0 Å². The topological polar surface area (TPSA) is 157 Å². The van der Waals surface area contributed by atoms with E-state index in [0.717, 1.165) is 53.0 Å². The molecule has 11 nitrogen and oxygen atoms in total. The van der Waals surface area contributed by atoms with E-state index in [-0.39, 0.29) is 31.7 Å². The summed E-state index contributed by atoms with van der Waals surface area (Å²) in [7, 11) is 3.90. The molecule has 6 rings (SSSR count). The molecule has 0 aromatic heterocycles. The Morgan fingerprint density at radius 3 is 2.78 bits per heavy atom. The van der Waals surface area contributed by atoms with Crippen LogP contribution in [0.2, 0.25) is 0 Å². The van der Waals surface area contributed by atoms with Crippen LogP contribution in [0.1, 0.15) is 49.7 Å². The molecule has 3 amide bonds. The van der Waals surface area contributed by atoms with Crippen LogP contribution in [-0.2, 0) is 21.4 Å². The molecule has 1 aromatic rings. The van der Waals surface area contributed by atoms with E-state index in [1.165, 1.54) is 17.7 Å². The molecule has 6 atom stereocenters. The lowest BCUT2D eigenvalue weighted by atomic mass is 9.48. The number of nitrogens with zero attached hydrogens (tertiary/aromatic N) is 2. The van der Waals surface area contributed by atoms with Crippen LogP contribution >= 0.6 is 0 Å². The number of ether oxygens (including phenoxy) is 2. The second kappa shape index (κ2) is 9.71. The number of carbonyl (C=O) groups excluding carboxylic acids is 3. The summed E-state index contributed by atoms with van der Waals surface area (Å²) in [6, 6.07) is 2.88. The zero-order chi connectivity index (χ0) is 29.3. The summed E-state index contributed by atoms with van der Waals surface area (Å²) in [4.78, 5) is 37.4. The Morgan fingerprint density at radius 1 is 1.32 bits per heavy atom. The zero-order valence-electron chi connectivity index (χ0n) is 24.0. The minimum absolute atomic E-state index is 0.0836. The maximum absolute atomic E-state index is 13.1. The van der Waals surface area contributed by atoms with Gasteiger partial charge in [-0.1, -0.05) is 12.6 Å². The van der Waals surface area contributed by atoms with Crippen LogP contribution in [0, 0.1) is 5.92 Å². The molecule has 1 spiro atoms. The first-order valence-corrected chi connectivity index (χ1v) is 14.7. The molecule has 2 aliphatic heterocycles. The summed E-state index contributed by atoms with van der Waals surface area (Å²) in [6.45, 7) is 6.73. The van der Waals surface area contributed by atoms with Gasteiger partial charge >= 0.3 is 6.09 Å². The molecule has 11 heteroatoms. The lowest BCUT2D eigenvalue weighted by Gasteiger charge is -2.65. The number of hydrogen-bond acceptors (Lipinski definition) is 7. The molecule has 222 valence electrons. The van der Waals surface area contributed by atoms with E-state index in [4.69, 9.17) is 20.9 Å². The lowest BCUT2D eigenvalue weighted by molar-refractivity contribution is -0.950. The molecule has 2 saturated carbocycles. The average Bonchev–Trinajstić information content (AvgIpc) is 3.64. The van der Waals surface area contributed by atoms with Crippen LogP contribution < -0.4 is 26.3 Å². The number of hydrogen-bond donors (Lipinski definition) is 4. The highest BCUT2D eigenvalue weighted by molar-refractivity contribution is 5.87. The van der Waals surface area contributed by atoms with Crippen molar-refractivity contribution in [1.82, 2.24) is 10.2 Å². The minimum atomic E-state index is -1.04. The van der Waals surface area contributed by atoms with Crippen LogP contribution in [0.3, 0.4) is 0 Å². The van der Waals surface area contributed by atoms with Gasteiger partial charge in [0.05, 0.1) is 38.0 Å². The van der Waals surface area contributed by atoms with Gasteiger partial charge in [0.25, 0.3) is 0 Å². The smallest absolute Gasteiger partial charge is 0.415 e. The average molecular weight is 569 g/mol. The Hall–Kier alpha value is -3.15. The summed E-state index contributed by atoms with van der Waals surface area (Å²) < 4.78 is 13.4. The van der Waals surface area contributed by atoms with Crippen molar-refractivity contribution in [2.75, 3.05) is 40.3 Å². The molecule has 5 aliphatic rings. The first kappa shape index (κ1) is 28.0. The highest BCUT2D eigenvalue weighted by Gasteiger charge is 2.75. The molecule has 1 unspecified atom stereocenters. The van der Waals surface area contributed by atoms with Gasteiger partial charge in [-0.2, -0.15) is 0 Å². The van der Waals surface area contributed by atoms with Gasteiger partial charge in [-0.05, 0) is 42.9 Å². The van der Waals surface area contributed by atoms with Gasteiger partial charge in [-0.15, -0.1) is 0 Å². The Labute approximate surface area is 240 Å². The van der Waals surface area contributed by atoms with Gasteiger partial charge in [0.2, 0.25) is 11.8 Å². The summed E-state index contributed by atoms with van der Waals surface area (Å²) >= 11 is 0. The normalized spacial score (nSPS) is 33.3. The van der Waals surface area contributed by atoms with Crippen molar-refractivity contribution in [1.29, 1.82) is 0 Å². The number of likely N-dealkylation sites (N-methyl/N-ethyl adjacent to an activating group) is 2. The predicted octanol–water partition coefficient (Wildman–Crippen LogP) is 0.701. The Bertz CT molecular complexity index is 1310. The number of aliphatic hydroxyl groups is 1. The molecule has 1 aromatic carbocycles. The zero-order valence-corrected chi connectivity index (χ0v) is 24.0. The number of rotatable bonds is 9. The van der Waals surface area contributed by atoms with Crippen LogP contribution in [0.15, 0.2) is 24.3 Å². The Balaban J connectivity index is 1.22. The highest BCUT2D eigenvalue weighted by Crippen LogP contribution is 2.67. The van der Waals surface area contributed by atoms with Gasteiger partial charge < -0.3 is 40.7 Å². The molecule has 41 heavy (non-hydrogen) atoms. The molecule has 1 saturated heterocycles. The SMILES string of the molecule is C=C1CC[C@@]2(O)[C@H]3Cc4ccc(OC(=O)N(C)CCNC(=O)[C@@H](N)CC(N)=O)c5c4[C@@]2(CC[N+]3(C)CC2CC2)[C@H]1O5. The van der Waals surface area contributed by atoms with Gasteiger partial charge in [-0.3, -0.25) is 9.59 Å². The van der Waals surface area contributed by atoms with Crippen molar-refractivity contribution >= 4 is 17.9 Å². The van der Waals surface area contributed by atoms with Crippen molar-refractivity contribution in [2.24, 2.45) is 17.4 Å². The quantitative estimate of drug-likeness (QED) is 0.252. The molecular weight excluding hydrogens is 526 g/mol. The number of nitrogens with two attached hydrogens (primary N) is 2. The van der Waals surface area contributed by atoms with Gasteiger partial charge in [0.1, 0.15) is 17.7 Å². The summed E-state index contributed by atoms with van der Waals surface area (Å²) in [6.07, 6.45) is 4.28. The minimum Gasteiger partial charge on any atom is -0.481 e. The number of piperidine rings is 1. The third-order valence-electron chi connectivity index (χ3n) is 10.4. The molecule has 2 bridgehead atoms. The van der Waals surface area contributed by atoms with Crippen LogP contribution in [0.4, 0.5) is 4.79 Å². The third kappa shape index (κ3) is 4.31. The van der Waals surface area contributed by atoms with Crippen LogP contribution in [0.25, 0.3) is 0 Å². The molecular formula is C30H42N5O6+. The lowest BCUT2D eigenvalue weighted by Crippen LogP contribution is -2.80. The maximum Gasteiger partial charge on any atom is 0.415 e. The van der Waals surface area contributed by atoms with E-state index < -0.39 is 35.0 Å². The first-order valence-electron chi connectivity index (χ1n) is 14.7. The van der Waals surface area contributed by atoms with Crippen molar-refractivity contribution in [2.45, 2.75) is 74.1 Å². The van der Waals surface area contributed by atoms with Gasteiger partial charge in [0.15, 0.2) is 11.5 Å². The number of nitrogens with one attached hydrogen (secondary N) is 1. The van der Waals surface area contributed by atoms with Gasteiger partial charge in [0, 0.05) is 44.5 Å². The standard InChI is InChI=1S/C30H41N5O6/c1-17-8-9-30(39)22-14-19-6-7-21(40-28(38)34(2)12-11-33-27(37)20(31)15-23(32)36)25-24(19)29(30,26(17)41-25)10-13-35(22,3)16-18-4-5-18/h6-7,18,20,22,26,39H,1,4-5,8-16,31H2,2-3H3,(H2-,32,33,36,37)/p+1/t20-,22+,26-,29-,30+,35?/m0/s1. The number of primary amides is 1. The third-order valence-corrected chi connectivity index (χ3v) is 10.4. The predicted molar refractivity (Wildman–Crippen MR) is 150 cm³/mol. The second-order valence-corrected chi connectivity index (χ2v) is 13.1. The Kier molecular flexibility index (Phi) is 6.63. The summed E-state index contributed by atoms with van der Waals surface area (Å²) in [5.41, 5.74) is 12.4. The molecule has 3 aliphatic carbocycles. The Morgan fingerprint density at radius 2 is 2.07 bits per heavy atom. The maximum atomic E-state index is 13.1. The monoisotopic (exact) mass is 568 g/mol. The molecule has 2 heterocycles. The fourth-order valence-electron chi connectivity index (χ4n) is 8.19. The molecule has 6 N–H and O–H groups in total. The van der Waals surface area contributed by atoms with Gasteiger partial charge in [-0.25, -0.2) is 4.79 Å². The van der Waals surface area contributed by atoms with E-state index in [1.54, 1.807) is 13.1 Å². The van der Waals surface area contributed by atoms with Crippen molar-refractivity contribution < 1.29 is 33.4 Å². The molecule has 0 radical (unpaired) electrons. The van der Waals surface area contributed by atoms with E-state index in [2.05, 4.69) is 18.9 Å². The number of amides is 3.